The van der Waals surface area contributed by atoms with Crippen molar-refractivity contribution in [3.8, 4) is 5.75 Å². The van der Waals surface area contributed by atoms with Crippen LogP contribution in [-0.2, 0) is 0 Å². The number of nitrogens with zero attached hydrogens (tertiary/aromatic N) is 2. The average molecular weight is 343 g/mol. The minimum atomic E-state index is -0.198. The molecular formula is C17H15ClN4O2. The molecule has 3 rings (SSSR count). The number of aromatic hydroxyl groups is 1. The third-order valence-electron chi connectivity index (χ3n) is 3.43. The molecule has 0 aliphatic rings. The predicted molar refractivity (Wildman–Crippen MR) is 93.5 cm³/mol. The summed E-state index contributed by atoms with van der Waals surface area (Å²) in [6.45, 7) is 0.942. The number of phenols is 1. The van der Waals surface area contributed by atoms with E-state index in [0.29, 0.717) is 29.5 Å². The Balaban J connectivity index is 1.57. The zero-order valence-corrected chi connectivity index (χ0v) is 13.4. The SMILES string of the molecule is O=C(NCCNc1ncnc2cc(Cl)ccc12)c1ccc(O)cc1. The van der Waals surface area contributed by atoms with Gasteiger partial charge in [-0.2, -0.15) is 0 Å². The molecule has 1 aromatic heterocycles. The largest absolute Gasteiger partial charge is 0.508 e. The lowest BCUT2D eigenvalue weighted by Crippen LogP contribution is -2.28. The maximum absolute atomic E-state index is 12.0. The predicted octanol–water partition coefficient (Wildman–Crippen LogP) is 2.83. The smallest absolute Gasteiger partial charge is 0.251 e. The lowest BCUT2D eigenvalue weighted by atomic mass is 10.2. The summed E-state index contributed by atoms with van der Waals surface area (Å²) in [4.78, 5) is 20.4. The minimum absolute atomic E-state index is 0.129. The molecule has 1 amide bonds. The van der Waals surface area contributed by atoms with Crippen molar-refractivity contribution in [3.05, 3.63) is 59.4 Å². The normalized spacial score (nSPS) is 10.5. The summed E-state index contributed by atoms with van der Waals surface area (Å²) < 4.78 is 0. The molecule has 0 aliphatic carbocycles. The van der Waals surface area contributed by atoms with E-state index in [1.165, 1.54) is 18.5 Å². The van der Waals surface area contributed by atoms with Crippen LogP contribution in [0.1, 0.15) is 10.4 Å². The number of benzene rings is 2. The fourth-order valence-corrected chi connectivity index (χ4v) is 2.41. The van der Waals surface area contributed by atoms with Gasteiger partial charge in [0.15, 0.2) is 0 Å². The molecule has 0 bridgehead atoms. The van der Waals surface area contributed by atoms with Crippen molar-refractivity contribution < 1.29 is 9.90 Å². The highest BCUT2D eigenvalue weighted by atomic mass is 35.5. The molecule has 3 N–H and O–H groups in total. The molecule has 7 heteroatoms. The van der Waals surface area contributed by atoms with Gasteiger partial charge in [-0.3, -0.25) is 4.79 Å². The van der Waals surface area contributed by atoms with Gasteiger partial charge in [-0.15, -0.1) is 0 Å². The topological polar surface area (TPSA) is 87.1 Å². The highest BCUT2D eigenvalue weighted by molar-refractivity contribution is 6.31. The molecule has 24 heavy (non-hydrogen) atoms. The van der Waals surface area contributed by atoms with E-state index in [4.69, 9.17) is 11.6 Å². The van der Waals surface area contributed by atoms with Crippen LogP contribution in [0.3, 0.4) is 0 Å². The van der Waals surface area contributed by atoms with Gasteiger partial charge in [0.25, 0.3) is 5.91 Å². The molecule has 6 nitrogen and oxygen atoms in total. The minimum Gasteiger partial charge on any atom is -0.508 e. The number of hydrogen-bond donors (Lipinski definition) is 3. The number of hydrogen-bond acceptors (Lipinski definition) is 5. The summed E-state index contributed by atoms with van der Waals surface area (Å²) in [6, 6.07) is 11.5. The Morgan fingerprint density at radius 3 is 2.67 bits per heavy atom. The van der Waals surface area contributed by atoms with Gasteiger partial charge >= 0.3 is 0 Å². The van der Waals surface area contributed by atoms with E-state index in [2.05, 4.69) is 20.6 Å². The molecule has 0 saturated carbocycles. The Kier molecular flexibility index (Phi) is 4.77. The Hall–Kier alpha value is -2.86. The monoisotopic (exact) mass is 342 g/mol. The van der Waals surface area contributed by atoms with Gasteiger partial charge in [0.05, 0.1) is 5.52 Å². The third kappa shape index (κ3) is 3.72. The second-order valence-electron chi connectivity index (χ2n) is 5.11. The maximum atomic E-state index is 12.0. The van der Waals surface area contributed by atoms with Crippen molar-refractivity contribution in [1.29, 1.82) is 0 Å². The van der Waals surface area contributed by atoms with Gasteiger partial charge in [0.2, 0.25) is 0 Å². The second-order valence-corrected chi connectivity index (χ2v) is 5.55. The molecule has 0 saturated heterocycles. The average Bonchev–Trinajstić information content (AvgIpc) is 2.59. The summed E-state index contributed by atoms with van der Waals surface area (Å²) in [6.07, 6.45) is 1.47. The molecule has 2 aromatic carbocycles. The first kappa shape index (κ1) is 16.0. The molecule has 0 aliphatic heterocycles. The Labute approximate surface area is 143 Å². The molecule has 0 radical (unpaired) electrons. The fraction of sp³-hybridized carbons (Fsp3) is 0.118. The summed E-state index contributed by atoms with van der Waals surface area (Å²) in [5.74, 6) is 0.621. The van der Waals surface area contributed by atoms with Gasteiger partial charge < -0.3 is 15.7 Å². The van der Waals surface area contributed by atoms with E-state index in [1.807, 2.05) is 6.07 Å². The molecule has 122 valence electrons. The molecule has 0 spiro atoms. The molecule has 3 aromatic rings. The first-order valence-electron chi connectivity index (χ1n) is 7.35. The van der Waals surface area contributed by atoms with Gasteiger partial charge in [0, 0.05) is 29.1 Å². The number of aromatic nitrogens is 2. The number of carbonyl (C=O) groups is 1. The van der Waals surface area contributed by atoms with Crippen LogP contribution in [0, 0.1) is 0 Å². The Morgan fingerprint density at radius 2 is 1.88 bits per heavy atom. The first-order valence-corrected chi connectivity index (χ1v) is 7.72. The molecule has 0 atom stereocenters. The maximum Gasteiger partial charge on any atom is 0.251 e. The van der Waals surface area contributed by atoms with Gasteiger partial charge in [-0.25, -0.2) is 9.97 Å². The van der Waals surface area contributed by atoms with Crippen LogP contribution in [0.4, 0.5) is 5.82 Å². The lowest BCUT2D eigenvalue weighted by Gasteiger charge is -2.09. The number of fused-ring (bicyclic) bond motifs is 1. The zero-order chi connectivity index (χ0) is 16.9. The van der Waals surface area contributed by atoms with Crippen LogP contribution in [0.25, 0.3) is 10.9 Å². The number of anilines is 1. The van der Waals surface area contributed by atoms with Crippen LogP contribution in [0.15, 0.2) is 48.8 Å². The van der Waals surface area contributed by atoms with Crippen molar-refractivity contribution in [2.75, 3.05) is 18.4 Å². The van der Waals surface area contributed by atoms with E-state index in [1.54, 1.807) is 24.3 Å². The highest BCUT2D eigenvalue weighted by Gasteiger charge is 2.06. The molecule has 0 fully saturated rings. The van der Waals surface area contributed by atoms with Gasteiger partial charge in [0.1, 0.15) is 17.9 Å². The van der Waals surface area contributed by atoms with Crippen molar-refractivity contribution >= 4 is 34.2 Å². The van der Waals surface area contributed by atoms with Crippen molar-refractivity contribution in [2.45, 2.75) is 0 Å². The van der Waals surface area contributed by atoms with E-state index >= 15 is 0 Å². The fourth-order valence-electron chi connectivity index (χ4n) is 2.24. The summed E-state index contributed by atoms with van der Waals surface area (Å²) in [5, 5.41) is 16.7. The molecule has 1 heterocycles. The highest BCUT2D eigenvalue weighted by Crippen LogP contribution is 2.22. The Bertz CT molecular complexity index is 868. The summed E-state index contributed by atoms with van der Waals surface area (Å²) in [7, 11) is 0. The number of halogens is 1. The number of carbonyl (C=O) groups excluding carboxylic acids is 1. The second kappa shape index (κ2) is 7.14. The lowest BCUT2D eigenvalue weighted by molar-refractivity contribution is 0.0955. The first-order chi connectivity index (χ1) is 11.6. The van der Waals surface area contributed by atoms with E-state index in [9.17, 15) is 9.90 Å². The molecular weight excluding hydrogens is 328 g/mol. The number of rotatable bonds is 5. The van der Waals surface area contributed by atoms with Crippen molar-refractivity contribution in [1.82, 2.24) is 15.3 Å². The van der Waals surface area contributed by atoms with Crippen LogP contribution in [0.5, 0.6) is 5.75 Å². The van der Waals surface area contributed by atoms with E-state index < -0.39 is 0 Å². The molecule has 0 unspecified atom stereocenters. The van der Waals surface area contributed by atoms with E-state index in [0.717, 1.165) is 10.9 Å². The number of phenolic OH excluding ortho intramolecular Hbond substituents is 1. The van der Waals surface area contributed by atoms with Crippen LogP contribution >= 0.6 is 11.6 Å². The summed E-state index contributed by atoms with van der Waals surface area (Å²) in [5.41, 5.74) is 1.25. The van der Waals surface area contributed by atoms with Crippen molar-refractivity contribution in [3.63, 3.8) is 0 Å². The third-order valence-corrected chi connectivity index (χ3v) is 3.67. The zero-order valence-electron chi connectivity index (χ0n) is 12.7. The number of amides is 1. The Morgan fingerprint density at radius 1 is 1.08 bits per heavy atom. The van der Waals surface area contributed by atoms with E-state index in [-0.39, 0.29) is 11.7 Å². The number of nitrogens with one attached hydrogen (secondary N) is 2. The summed E-state index contributed by atoms with van der Waals surface area (Å²) >= 11 is 5.96. The standard InChI is InChI=1S/C17H15ClN4O2/c18-12-3-6-14-15(9-12)21-10-22-16(14)19-7-8-20-17(24)11-1-4-13(23)5-2-11/h1-6,9-10,23H,7-8H2,(H,20,24)(H,19,21,22). The van der Waals surface area contributed by atoms with Crippen LogP contribution < -0.4 is 10.6 Å². The van der Waals surface area contributed by atoms with Gasteiger partial charge in [-0.1, -0.05) is 11.6 Å². The van der Waals surface area contributed by atoms with Gasteiger partial charge in [-0.05, 0) is 42.5 Å². The van der Waals surface area contributed by atoms with Crippen molar-refractivity contribution in [2.24, 2.45) is 0 Å². The van der Waals surface area contributed by atoms with Crippen LogP contribution in [-0.4, -0.2) is 34.1 Å². The quantitative estimate of drug-likeness (QED) is 0.621. The van der Waals surface area contributed by atoms with Crippen LogP contribution in [0.2, 0.25) is 5.02 Å².